The van der Waals surface area contributed by atoms with Gasteiger partial charge in [-0.3, -0.25) is 4.79 Å². The second kappa shape index (κ2) is 8.48. The molecule has 0 aliphatic carbocycles. The molecule has 0 atom stereocenters. The molecule has 0 fully saturated rings. The van der Waals surface area contributed by atoms with Crippen molar-refractivity contribution >= 4 is 17.6 Å². The van der Waals surface area contributed by atoms with E-state index in [1.807, 2.05) is 0 Å². The summed E-state index contributed by atoms with van der Waals surface area (Å²) in [5.41, 5.74) is 0.395. The first-order valence-corrected chi connectivity index (χ1v) is 7.52. The Morgan fingerprint density at radius 1 is 1.35 bits per heavy atom. The molecule has 1 heterocycles. The van der Waals surface area contributed by atoms with E-state index in [4.69, 9.17) is 9.84 Å². The molecule has 26 heavy (non-hydrogen) atoms. The van der Waals surface area contributed by atoms with Gasteiger partial charge in [-0.1, -0.05) is 0 Å². The number of alkyl halides is 2. The number of anilines is 1. The Bertz CT molecular complexity index is 723. The summed E-state index contributed by atoms with van der Waals surface area (Å²) in [6.07, 6.45) is 0. The average Bonchev–Trinajstić information content (AvgIpc) is 2.92. The smallest absolute Gasteiger partial charge is 0.387 e. The van der Waals surface area contributed by atoms with Crippen molar-refractivity contribution in [2.45, 2.75) is 6.61 Å². The number of carbonyl (C=O) groups is 2. The van der Waals surface area contributed by atoms with Crippen molar-refractivity contribution in [3.05, 3.63) is 29.5 Å². The first-order chi connectivity index (χ1) is 12.4. The first kappa shape index (κ1) is 19.4. The molecule has 142 valence electrons. The Morgan fingerprint density at radius 3 is 2.65 bits per heavy atom. The van der Waals surface area contributed by atoms with Gasteiger partial charge in [-0.05, 0) is 12.1 Å². The van der Waals surface area contributed by atoms with Gasteiger partial charge in [-0.25, -0.2) is 4.79 Å². The molecule has 0 saturated carbocycles. The van der Waals surface area contributed by atoms with Gasteiger partial charge < -0.3 is 29.5 Å². The van der Waals surface area contributed by atoms with Crippen LogP contribution in [0, 0.1) is 0 Å². The second-order valence-corrected chi connectivity index (χ2v) is 5.16. The average molecular weight is 372 g/mol. The fraction of sp³-hybridized carbons (Fsp3) is 0.375. The van der Waals surface area contributed by atoms with Crippen LogP contribution in [0.5, 0.6) is 11.5 Å². The van der Waals surface area contributed by atoms with E-state index in [0.29, 0.717) is 5.69 Å². The monoisotopic (exact) mass is 372 g/mol. The third-order valence-corrected chi connectivity index (χ3v) is 3.60. The molecule has 8 nitrogen and oxygen atoms in total. The summed E-state index contributed by atoms with van der Waals surface area (Å²) < 4.78 is 38.8. The number of carbonyl (C=O) groups excluding carboxylic acids is 2. The van der Waals surface area contributed by atoms with Crippen molar-refractivity contribution in [2.24, 2.45) is 0 Å². The fourth-order valence-corrected chi connectivity index (χ4v) is 2.43. The van der Waals surface area contributed by atoms with E-state index in [1.165, 1.54) is 37.3 Å². The molecule has 0 bridgehead atoms. The number of nitrogens with zero attached hydrogens (tertiary/aromatic N) is 1. The Balaban J connectivity index is 2.31. The number of amides is 1. The highest BCUT2D eigenvalue weighted by atomic mass is 19.3. The number of hydrogen-bond donors (Lipinski definition) is 2. The lowest BCUT2D eigenvalue weighted by atomic mass is 10.2. The number of aliphatic hydroxyl groups excluding tert-OH is 1. The van der Waals surface area contributed by atoms with Crippen LogP contribution in [0.2, 0.25) is 0 Å². The van der Waals surface area contributed by atoms with Crippen molar-refractivity contribution < 1.29 is 37.7 Å². The van der Waals surface area contributed by atoms with Crippen molar-refractivity contribution in [2.75, 3.05) is 39.2 Å². The lowest BCUT2D eigenvalue weighted by molar-refractivity contribution is -0.136. The molecule has 1 aliphatic rings. The van der Waals surface area contributed by atoms with E-state index in [0.717, 1.165) is 0 Å². The standard InChI is InChI=1S/C16H18F2N2O6/c1-24-12-7-9(3-4-11(12)26-16(17)18)19-13-10(15(23)25-2)8-20(5-6-21)14(13)22/h3-4,7,16,19,21H,5-6,8H2,1-2H3. The Hall–Kier alpha value is -2.88. The molecule has 0 unspecified atom stereocenters. The number of halogens is 2. The highest BCUT2D eigenvalue weighted by molar-refractivity contribution is 6.08. The van der Waals surface area contributed by atoms with Gasteiger partial charge in [0.05, 0.1) is 32.9 Å². The molecule has 0 aromatic heterocycles. The van der Waals surface area contributed by atoms with E-state index in [9.17, 15) is 18.4 Å². The minimum absolute atomic E-state index is 0.0158. The Kier molecular flexibility index (Phi) is 6.34. The molecule has 2 rings (SSSR count). The first-order valence-electron chi connectivity index (χ1n) is 7.52. The van der Waals surface area contributed by atoms with Crippen LogP contribution in [-0.4, -0.2) is 62.4 Å². The fourth-order valence-electron chi connectivity index (χ4n) is 2.43. The molecule has 1 aromatic rings. The third kappa shape index (κ3) is 4.20. The largest absolute Gasteiger partial charge is 0.493 e. The van der Waals surface area contributed by atoms with Crippen LogP contribution >= 0.6 is 0 Å². The minimum atomic E-state index is -3.01. The molecule has 10 heteroatoms. The zero-order valence-electron chi connectivity index (χ0n) is 14.1. The predicted octanol–water partition coefficient (Wildman–Crippen LogP) is 0.970. The van der Waals surface area contributed by atoms with Gasteiger partial charge >= 0.3 is 12.6 Å². The van der Waals surface area contributed by atoms with Crippen LogP contribution in [0.3, 0.4) is 0 Å². The Morgan fingerprint density at radius 2 is 2.08 bits per heavy atom. The van der Waals surface area contributed by atoms with Crippen LogP contribution in [0.25, 0.3) is 0 Å². The maximum Gasteiger partial charge on any atom is 0.387 e. The number of hydrogen-bond acceptors (Lipinski definition) is 7. The third-order valence-electron chi connectivity index (χ3n) is 3.60. The highest BCUT2D eigenvalue weighted by Crippen LogP contribution is 2.33. The molecule has 2 N–H and O–H groups in total. The maximum absolute atomic E-state index is 12.4. The number of benzene rings is 1. The van der Waals surface area contributed by atoms with Gasteiger partial charge in [-0.15, -0.1) is 0 Å². The Labute approximate surface area is 147 Å². The van der Waals surface area contributed by atoms with Crippen LogP contribution in [0.4, 0.5) is 14.5 Å². The van der Waals surface area contributed by atoms with Gasteiger partial charge in [0, 0.05) is 18.3 Å². The van der Waals surface area contributed by atoms with Gasteiger partial charge in [0.25, 0.3) is 5.91 Å². The number of nitrogens with one attached hydrogen (secondary N) is 1. The van der Waals surface area contributed by atoms with E-state index in [1.54, 1.807) is 0 Å². The zero-order valence-corrected chi connectivity index (χ0v) is 14.1. The molecule has 0 saturated heterocycles. The molecule has 0 spiro atoms. The van der Waals surface area contributed by atoms with E-state index in [2.05, 4.69) is 14.8 Å². The summed E-state index contributed by atoms with van der Waals surface area (Å²) in [5, 5.41) is 11.8. The number of rotatable bonds is 8. The van der Waals surface area contributed by atoms with Crippen LogP contribution in [0.1, 0.15) is 0 Å². The van der Waals surface area contributed by atoms with Crippen LogP contribution in [0.15, 0.2) is 29.5 Å². The molecular formula is C16H18F2N2O6. The summed E-state index contributed by atoms with van der Waals surface area (Å²) in [6.45, 7) is -3.24. The number of ether oxygens (including phenoxy) is 3. The molecule has 1 aromatic carbocycles. The summed E-state index contributed by atoms with van der Waals surface area (Å²) >= 11 is 0. The minimum Gasteiger partial charge on any atom is -0.493 e. The van der Waals surface area contributed by atoms with Crippen molar-refractivity contribution in [1.82, 2.24) is 4.90 Å². The second-order valence-electron chi connectivity index (χ2n) is 5.16. The molecule has 1 aliphatic heterocycles. The topological polar surface area (TPSA) is 97.3 Å². The van der Waals surface area contributed by atoms with Crippen molar-refractivity contribution in [3.8, 4) is 11.5 Å². The predicted molar refractivity (Wildman–Crippen MR) is 86.0 cm³/mol. The van der Waals surface area contributed by atoms with Crippen molar-refractivity contribution in [1.29, 1.82) is 0 Å². The van der Waals surface area contributed by atoms with Gasteiger partial charge in [0.15, 0.2) is 11.5 Å². The van der Waals surface area contributed by atoms with Crippen LogP contribution < -0.4 is 14.8 Å². The van der Waals surface area contributed by atoms with Crippen molar-refractivity contribution in [3.63, 3.8) is 0 Å². The summed E-state index contributed by atoms with van der Waals surface area (Å²) in [6, 6.07) is 3.99. The highest BCUT2D eigenvalue weighted by Gasteiger charge is 2.34. The van der Waals surface area contributed by atoms with Crippen LogP contribution in [-0.2, 0) is 14.3 Å². The summed E-state index contributed by atoms with van der Waals surface area (Å²) in [5.74, 6) is -1.33. The van der Waals surface area contributed by atoms with E-state index >= 15 is 0 Å². The number of methoxy groups -OCH3 is 2. The zero-order chi connectivity index (χ0) is 19.3. The molecule has 1 amide bonds. The number of esters is 1. The summed E-state index contributed by atoms with van der Waals surface area (Å²) in [7, 11) is 2.46. The lowest BCUT2D eigenvalue weighted by Gasteiger charge is -2.15. The summed E-state index contributed by atoms with van der Waals surface area (Å²) in [4.78, 5) is 25.6. The maximum atomic E-state index is 12.4. The lowest BCUT2D eigenvalue weighted by Crippen LogP contribution is -2.31. The van der Waals surface area contributed by atoms with Gasteiger partial charge in [0.1, 0.15) is 5.70 Å². The van der Waals surface area contributed by atoms with Gasteiger partial charge in [0.2, 0.25) is 0 Å². The van der Waals surface area contributed by atoms with E-state index in [-0.39, 0.29) is 42.5 Å². The van der Waals surface area contributed by atoms with Gasteiger partial charge in [-0.2, -0.15) is 8.78 Å². The normalized spacial score (nSPS) is 14.1. The quantitative estimate of drug-likeness (QED) is 0.656. The number of aliphatic hydroxyl groups is 1. The van der Waals surface area contributed by atoms with E-state index < -0.39 is 18.5 Å². The SMILES string of the molecule is COC(=O)C1=C(Nc2ccc(OC(F)F)c(OC)c2)C(=O)N(CCO)C1. The molecule has 0 radical (unpaired) electrons. The molecular weight excluding hydrogens is 354 g/mol. The number of β-amino-alcohol motifs (C(OH)–C–C–N with tert-alkyl or cyclic N) is 1.